The van der Waals surface area contributed by atoms with Crippen LogP contribution < -0.4 is 10.2 Å². The summed E-state index contributed by atoms with van der Waals surface area (Å²) in [5, 5.41) is 2.95. The van der Waals surface area contributed by atoms with E-state index >= 15 is 0 Å². The van der Waals surface area contributed by atoms with E-state index in [4.69, 9.17) is 0 Å². The first kappa shape index (κ1) is 18.5. The van der Waals surface area contributed by atoms with E-state index in [9.17, 15) is 9.59 Å². The Morgan fingerprint density at radius 1 is 1.12 bits per heavy atom. The van der Waals surface area contributed by atoms with E-state index in [1.807, 2.05) is 29.2 Å². The number of hydrogen-bond acceptors (Lipinski definition) is 3. The van der Waals surface area contributed by atoms with Crippen molar-refractivity contribution in [3.8, 4) is 0 Å². The van der Waals surface area contributed by atoms with Crippen molar-refractivity contribution in [2.75, 3.05) is 17.2 Å². The van der Waals surface area contributed by atoms with Crippen molar-refractivity contribution < 1.29 is 9.59 Å². The van der Waals surface area contributed by atoms with Gasteiger partial charge in [-0.2, -0.15) is 0 Å². The Kier molecular flexibility index (Phi) is 5.99. The molecule has 26 heavy (non-hydrogen) atoms. The van der Waals surface area contributed by atoms with Gasteiger partial charge in [0.15, 0.2) is 0 Å². The molecule has 1 aliphatic rings. The molecule has 1 heterocycles. The third-order valence-electron chi connectivity index (χ3n) is 4.66. The number of amides is 2. The second-order valence-corrected chi connectivity index (χ2v) is 7.68. The fourth-order valence-electron chi connectivity index (χ4n) is 2.92. The zero-order valence-corrected chi connectivity index (χ0v) is 16.1. The van der Waals surface area contributed by atoms with Gasteiger partial charge in [-0.15, -0.1) is 11.8 Å². The number of carbonyl (C=O) groups excluding carboxylic acids is 2. The monoisotopic (exact) mass is 368 g/mol. The van der Waals surface area contributed by atoms with Crippen LogP contribution in [-0.2, 0) is 16.1 Å². The summed E-state index contributed by atoms with van der Waals surface area (Å²) in [5.41, 5.74) is 4.47. The summed E-state index contributed by atoms with van der Waals surface area (Å²) in [5.74, 6) is 0.615. The van der Waals surface area contributed by atoms with Gasteiger partial charge < -0.3 is 10.2 Å². The minimum Gasteiger partial charge on any atom is -0.351 e. The van der Waals surface area contributed by atoms with Gasteiger partial charge in [0.25, 0.3) is 0 Å². The molecule has 5 heteroatoms. The van der Waals surface area contributed by atoms with Crippen molar-refractivity contribution in [2.24, 2.45) is 0 Å². The molecule has 1 N–H and O–H groups in total. The molecular weight excluding hydrogens is 344 g/mol. The van der Waals surface area contributed by atoms with Gasteiger partial charge in [0.2, 0.25) is 11.8 Å². The third-order valence-corrected chi connectivity index (χ3v) is 5.65. The Hall–Kier alpha value is -2.27. The van der Waals surface area contributed by atoms with Crippen LogP contribution in [0.3, 0.4) is 0 Å². The number of benzene rings is 2. The Bertz CT molecular complexity index is 802. The molecule has 2 aromatic rings. The maximum absolute atomic E-state index is 12.1. The number of anilines is 1. The first-order valence-electron chi connectivity index (χ1n) is 8.89. The molecule has 1 saturated heterocycles. The molecule has 0 unspecified atom stereocenters. The smallest absolute Gasteiger partial charge is 0.230 e. The Labute approximate surface area is 159 Å². The summed E-state index contributed by atoms with van der Waals surface area (Å²) in [6.07, 6.45) is 1.56. The molecule has 0 radical (unpaired) electrons. The van der Waals surface area contributed by atoms with Gasteiger partial charge >= 0.3 is 0 Å². The first-order chi connectivity index (χ1) is 12.5. The molecule has 0 atom stereocenters. The van der Waals surface area contributed by atoms with E-state index in [-0.39, 0.29) is 11.8 Å². The predicted molar refractivity (Wildman–Crippen MR) is 107 cm³/mol. The topological polar surface area (TPSA) is 49.4 Å². The standard InChI is InChI=1S/C21H24N2O2S/c1-15-5-10-19(12-16(15)2)26-14-20(24)22-13-17-6-8-18(9-7-17)23-11-3-4-21(23)25/h5-10,12H,3-4,11,13-14H2,1-2H3,(H,22,24). The third kappa shape index (κ3) is 4.67. The Balaban J connectivity index is 1.46. The molecule has 2 aromatic carbocycles. The first-order valence-corrected chi connectivity index (χ1v) is 9.87. The normalized spacial score (nSPS) is 13.9. The zero-order chi connectivity index (χ0) is 18.5. The lowest BCUT2D eigenvalue weighted by Gasteiger charge is -2.16. The fourth-order valence-corrected chi connectivity index (χ4v) is 3.74. The summed E-state index contributed by atoms with van der Waals surface area (Å²) in [6.45, 7) is 5.46. The van der Waals surface area contributed by atoms with Crippen LogP contribution in [0, 0.1) is 13.8 Å². The van der Waals surface area contributed by atoms with Crippen LogP contribution in [0.5, 0.6) is 0 Å². The SMILES string of the molecule is Cc1ccc(SCC(=O)NCc2ccc(N3CCCC3=O)cc2)cc1C. The van der Waals surface area contributed by atoms with Crippen LogP contribution in [0.15, 0.2) is 47.4 Å². The van der Waals surface area contributed by atoms with E-state index in [2.05, 4.69) is 37.4 Å². The molecule has 0 spiro atoms. The molecule has 2 amide bonds. The molecule has 1 aliphatic heterocycles. The van der Waals surface area contributed by atoms with Crippen LogP contribution in [0.2, 0.25) is 0 Å². The van der Waals surface area contributed by atoms with Crippen LogP contribution in [0.1, 0.15) is 29.5 Å². The average Bonchev–Trinajstić information content (AvgIpc) is 3.07. The van der Waals surface area contributed by atoms with Gasteiger partial charge in [0, 0.05) is 30.1 Å². The molecule has 0 aromatic heterocycles. The Morgan fingerprint density at radius 2 is 1.88 bits per heavy atom. The quantitative estimate of drug-likeness (QED) is 0.788. The highest BCUT2D eigenvalue weighted by Gasteiger charge is 2.21. The van der Waals surface area contributed by atoms with Crippen molar-refractivity contribution in [3.63, 3.8) is 0 Å². The van der Waals surface area contributed by atoms with Gasteiger partial charge in [0.05, 0.1) is 5.75 Å². The van der Waals surface area contributed by atoms with Gasteiger partial charge in [-0.05, 0) is 61.2 Å². The maximum atomic E-state index is 12.1. The van der Waals surface area contributed by atoms with Crippen LogP contribution in [-0.4, -0.2) is 24.1 Å². The van der Waals surface area contributed by atoms with Crippen molar-refractivity contribution in [3.05, 3.63) is 59.2 Å². The van der Waals surface area contributed by atoms with Crippen LogP contribution in [0.25, 0.3) is 0 Å². The molecule has 0 aliphatic carbocycles. The second-order valence-electron chi connectivity index (χ2n) is 6.63. The molecule has 3 rings (SSSR count). The molecule has 4 nitrogen and oxygen atoms in total. The van der Waals surface area contributed by atoms with Crippen LogP contribution in [0.4, 0.5) is 5.69 Å². The zero-order valence-electron chi connectivity index (χ0n) is 15.2. The highest BCUT2D eigenvalue weighted by molar-refractivity contribution is 8.00. The van der Waals surface area contributed by atoms with Gasteiger partial charge in [-0.25, -0.2) is 0 Å². The summed E-state index contributed by atoms with van der Waals surface area (Å²) >= 11 is 1.55. The largest absolute Gasteiger partial charge is 0.351 e. The summed E-state index contributed by atoms with van der Waals surface area (Å²) < 4.78 is 0. The highest BCUT2D eigenvalue weighted by atomic mass is 32.2. The van der Waals surface area contributed by atoms with E-state index in [1.165, 1.54) is 11.1 Å². The summed E-state index contributed by atoms with van der Waals surface area (Å²) in [7, 11) is 0. The van der Waals surface area contributed by atoms with Gasteiger partial charge in [-0.1, -0.05) is 18.2 Å². The number of rotatable bonds is 6. The number of nitrogens with zero attached hydrogens (tertiary/aromatic N) is 1. The van der Waals surface area contributed by atoms with Gasteiger partial charge in [-0.3, -0.25) is 9.59 Å². The summed E-state index contributed by atoms with van der Waals surface area (Å²) in [4.78, 5) is 26.8. The number of aryl methyl sites for hydroxylation is 2. The minimum absolute atomic E-state index is 0.0204. The molecule has 0 bridgehead atoms. The lowest BCUT2D eigenvalue weighted by Crippen LogP contribution is -2.25. The van der Waals surface area contributed by atoms with E-state index in [1.54, 1.807) is 11.8 Å². The van der Waals surface area contributed by atoms with E-state index in [0.717, 1.165) is 29.1 Å². The molecule has 136 valence electrons. The number of carbonyl (C=O) groups is 2. The van der Waals surface area contributed by atoms with Crippen molar-refractivity contribution in [1.29, 1.82) is 0 Å². The molecule has 0 saturated carbocycles. The lowest BCUT2D eigenvalue weighted by atomic mass is 10.1. The van der Waals surface area contributed by atoms with Gasteiger partial charge in [0.1, 0.15) is 0 Å². The average molecular weight is 369 g/mol. The minimum atomic E-state index is 0.0204. The Morgan fingerprint density at radius 3 is 2.54 bits per heavy atom. The fraction of sp³-hybridized carbons (Fsp3) is 0.333. The lowest BCUT2D eigenvalue weighted by molar-refractivity contribution is -0.119. The number of nitrogens with one attached hydrogen (secondary N) is 1. The molecule has 1 fully saturated rings. The van der Waals surface area contributed by atoms with Crippen molar-refractivity contribution in [2.45, 2.75) is 38.1 Å². The van der Waals surface area contributed by atoms with E-state index in [0.29, 0.717) is 18.7 Å². The summed E-state index contributed by atoms with van der Waals surface area (Å²) in [6, 6.07) is 14.1. The predicted octanol–water partition coefficient (Wildman–Crippen LogP) is 3.84. The van der Waals surface area contributed by atoms with E-state index < -0.39 is 0 Å². The van der Waals surface area contributed by atoms with Crippen molar-refractivity contribution >= 4 is 29.3 Å². The maximum Gasteiger partial charge on any atom is 0.230 e. The van der Waals surface area contributed by atoms with Crippen molar-refractivity contribution in [1.82, 2.24) is 5.32 Å². The second kappa shape index (κ2) is 8.41. The molecular formula is C21H24N2O2S. The number of hydrogen-bond donors (Lipinski definition) is 1. The highest BCUT2D eigenvalue weighted by Crippen LogP contribution is 2.22. The van der Waals surface area contributed by atoms with Crippen LogP contribution >= 0.6 is 11.8 Å². The number of thioether (sulfide) groups is 1.